The summed E-state index contributed by atoms with van der Waals surface area (Å²) < 4.78 is 12.4. The van der Waals surface area contributed by atoms with E-state index >= 15 is 0 Å². The summed E-state index contributed by atoms with van der Waals surface area (Å²) >= 11 is 0. The van der Waals surface area contributed by atoms with Crippen LogP contribution in [-0.4, -0.2) is 77.3 Å². The molecule has 0 radical (unpaired) electrons. The van der Waals surface area contributed by atoms with Gasteiger partial charge in [0.1, 0.15) is 12.2 Å². The van der Waals surface area contributed by atoms with Gasteiger partial charge in [-0.25, -0.2) is 0 Å². The average molecular weight is 776 g/mol. The number of rotatable bonds is 23. The molecule has 9 heteroatoms. The Balaban J connectivity index is 1.01. The van der Waals surface area contributed by atoms with Crippen molar-refractivity contribution in [2.24, 2.45) is 39.8 Å². The monoisotopic (exact) mass is 776 g/mol. The van der Waals surface area contributed by atoms with Crippen LogP contribution in [0, 0.1) is 41.0 Å². The Bertz CT molecular complexity index is 1470. The van der Waals surface area contributed by atoms with Gasteiger partial charge in [-0.2, -0.15) is 12.0 Å². The zero-order chi connectivity index (χ0) is 39.5. The van der Waals surface area contributed by atoms with E-state index in [9.17, 15) is 20.4 Å². The Morgan fingerprint density at radius 2 is 1.88 bits per heavy atom. The van der Waals surface area contributed by atoms with E-state index in [4.69, 9.17) is 20.2 Å². The summed E-state index contributed by atoms with van der Waals surface area (Å²) in [6, 6.07) is 6.05. The highest BCUT2D eigenvalue weighted by Crippen LogP contribution is 2.60. The number of fused-ring (bicyclic) bond motifs is 3. The van der Waals surface area contributed by atoms with Gasteiger partial charge >= 0.3 is 0 Å². The number of aliphatic hydroxyl groups excluding tert-OH is 3. The predicted octanol–water partition coefficient (Wildman–Crippen LogP) is 7.90. The molecule has 2 heterocycles. The number of phenols is 1. The van der Waals surface area contributed by atoms with E-state index in [0.717, 1.165) is 68.1 Å². The van der Waals surface area contributed by atoms with E-state index in [1.165, 1.54) is 82.6 Å². The van der Waals surface area contributed by atoms with E-state index < -0.39 is 12.2 Å². The quantitative estimate of drug-likeness (QED) is 0.0486. The smallest absolute Gasteiger partial charge is 0.190 e. The zero-order valence-corrected chi connectivity index (χ0v) is 34.5. The molecule has 6 rings (SSSR count). The standard InChI is InChI=1S/C47H73N3O6/c1-3-4-5-11-33(20-23-48)12-6-7-15-45-35(30-51)25-36(56-45)18-16-34-17-19-43(53)46(24-34)55-31-44(54)41-26-38-39(29-49-28-32(2)52)37-13-10-14-40(37)47(21-8-9-22-47)27-42(38)50-41/h17,19,24-26,32-33,37,39-40,44-45,49,51-54H,3-16,18,20-23,27-31,48H2,1-2H3. The minimum atomic E-state index is -0.927. The van der Waals surface area contributed by atoms with Crippen LogP contribution in [0.1, 0.15) is 135 Å². The lowest BCUT2D eigenvalue weighted by atomic mass is 9.66. The molecule has 3 fully saturated rings. The molecule has 7 atom stereocenters. The summed E-state index contributed by atoms with van der Waals surface area (Å²) in [6.07, 6.45) is 24.6. The maximum Gasteiger partial charge on any atom is 0.190 e. The van der Waals surface area contributed by atoms with Crippen molar-refractivity contribution in [3.8, 4) is 11.5 Å². The molecule has 312 valence electrons. The summed E-state index contributed by atoms with van der Waals surface area (Å²) in [5, 5.41) is 45.8. The Hall–Kier alpha value is -2.69. The van der Waals surface area contributed by atoms with Gasteiger partial charge in [-0.3, -0.25) is 0 Å². The number of hydrogen-bond donors (Lipinski definition) is 6. The van der Waals surface area contributed by atoms with Gasteiger partial charge in [0.15, 0.2) is 29.4 Å². The molecule has 1 spiro atoms. The molecule has 1 aromatic rings. The van der Waals surface area contributed by atoms with Crippen LogP contribution < -0.4 is 15.8 Å². The van der Waals surface area contributed by atoms with Crippen LogP contribution in [-0.2, 0) is 11.2 Å². The molecular weight excluding hydrogens is 703 g/mol. The Labute approximate surface area is 337 Å². The molecule has 0 aromatic heterocycles. The van der Waals surface area contributed by atoms with Gasteiger partial charge in [0, 0.05) is 25.8 Å². The van der Waals surface area contributed by atoms with Crippen molar-refractivity contribution in [2.45, 2.75) is 154 Å². The van der Waals surface area contributed by atoms with Gasteiger partial charge < -0.3 is 41.0 Å². The van der Waals surface area contributed by atoms with Gasteiger partial charge in [0.05, 0.1) is 24.5 Å². The van der Waals surface area contributed by atoms with Crippen molar-refractivity contribution in [3.05, 3.63) is 59.2 Å². The number of nitrogens with zero attached hydrogens (tertiary/aromatic N) is 1. The lowest BCUT2D eigenvalue weighted by Gasteiger charge is -2.37. The lowest BCUT2D eigenvalue weighted by Crippen LogP contribution is -2.37. The predicted molar refractivity (Wildman–Crippen MR) is 224 cm³/mol. The number of ether oxygens (including phenoxy) is 2. The van der Waals surface area contributed by atoms with Gasteiger partial charge in [-0.1, -0.05) is 89.4 Å². The minimum Gasteiger partial charge on any atom is -0.592 e. The number of aromatic hydroxyl groups is 1. The number of nitrogens with one attached hydrogen (secondary N) is 1. The van der Waals surface area contributed by atoms with E-state index in [-0.39, 0.29) is 25.1 Å². The van der Waals surface area contributed by atoms with Crippen LogP contribution in [0.15, 0.2) is 46.7 Å². The third-order valence-electron chi connectivity index (χ3n) is 13.9. The van der Waals surface area contributed by atoms with E-state index in [2.05, 4.69) is 18.3 Å². The molecule has 0 bridgehead atoms. The van der Waals surface area contributed by atoms with Crippen molar-refractivity contribution in [3.63, 3.8) is 0 Å². The number of nitrogens with two attached hydrogens (primary N) is 1. The van der Waals surface area contributed by atoms with Crippen molar-refractivity contribution < 1.29 is 29.9 Å². The molecule has 7 unspecified atom stereocenters. The number of unbranched alkanes of at least 4 members (excludes halogenated alkanes) is 3. The largest absolute Gasteiger partial charge is 0.592 e. The fourth-order valence-electron chi connectivity index (χ4n) is 11.0. The second kappa shape index (κ2) is 20.8. The summed E-state index contributed by atoms with van der Waals surface area (Å²) in [5.41, 5.74) is 9.61. The Morgan fingerprint density at radius 1 is 1.07 bits per heavy atom. The van der Waals surface area contributed by atoms with Crippen molar-refractivity contribution in [1.29, 1.82) is 0 Å². The van der Waals surface area contributed by atoms with Crippen LogP contribution in [0.2, 0.25) is 0 Å². The topological polar surface area (TPSA) is 150 Å². The number of allylic oxidation sites excluding steroid dienone is 1. The first-order valence-corrected chi connectivity index (χ1v) is 22.4. The zero-order valence-electron chi connectivity index (χ0n) is 34.5. The maximum atomic E-state index is 11.5. The van der Waals surface area contributed by atoms with Gasteiger partial charge in [0.2, 0.25) is 0 Å². The number of aliphatic hydroxyl groups is 3. The molecule has 7 N–H and O–H groups in total. The van der Waals surface area contributed by atoms with E-state index in [1.54, 1.807) is 6.07 Å². The van der Waals surface area contributed by atoms with Crippen molar-refractivity contribution in [1.82, 2.24) is 5.32 Å². The molecule has 1 aromatic carbocycles. The summed E-state index contributed by atoms with van der Waals surface area (Å²) in [5.74, 6) is 4.55. The Morgan fingerprint density at radius 3 is 2.62 bits per heavy atom. The fraction of sp³-hybridized carbons (Fsp3) is 0.723. The lowest BCUT2D eigenvalue weighted by molar-refractivity contribution is 0.113. The third-order valence-corrected chi connectivity index (χ3v) is 13.9. The SMILES string of the molecule is CCCCCC(CCN)CCCCC1OC(CCc2ccc(O)c(OCC(O)[C+]3C=C4C(=N3)CC3(CCCC3)C3CCCC3C4CNCC(C)O)c2)=C[C-]1CO. The molecular formula is C47H73N3O6. The normalized spacial score (nSPS) is 25.6. The molecule has 9 nitrogen and oxygen atoms in total. The second-order valence-corrected chi connectivity index (χ2v) is 17.9. The molecule has 0 saturated heterocycles. The first-order chi connectivity index (χ1) is 27.2. The average Bonchev–Trinajstić information content (AvgIpc) is 4.01. The summed E-state index contributed by atoms with van der Waals surface area (Å²) in [4.78, 5) is 5.13. The second-order valence-electron chi connectivity index (χ2n) is 17.9. The van der Waals surface area contributed by atoms with E-state index in [1.807, 2.05) is 25.1 Å². The highest BCUT2D eigenvalue weighted by molar-refractivity contribution is 6.04. The van der Waals surface area contributed by atoms with E-state index in [0.29, 0.717) is 60.3 Å². The third kappa shape index (κ3) is 10.9. The van der Waals surface area contributed by atoms with Crippen LogP contribution >= 0.6 is 0 Å². The molecule has 2 aliphatic heterocycles. The van der Waals surface area contributed by atoms with Gasteiger partial charge in [0.25, 0.3) is 0 Å². The van der Waals surface area contributed by atoms with Gasteiger partial charge in [-0.05, 0) is 99.3 Å². The minimum absolute atomic E-state index is 0.00421. The number of aliphatic imine (C=N–C) groups is 1. The van der Waals surface area contributed by atoms with Crippen LogP contribution in [0.25, 0.3) is 0 Å². The highest BCUT2D eigenvalue weighted by atomic mass is 16.5. The molecule has 3 saturated carbocycles. The summed E-state index contributed by atoms with van der Waals surface area (Å²) in [6.45, 7) is 6.21. The highest BCUT2D eigenvalue weighted by Gasteiger charge is 2.57. The Kier molecular flexibility index (Phi) is 16.0. The fourth-order valence-corrected chi connectivity index (χ4v) is 11.0. The summed E-state index contributed by atoms with van der Waals surface area (Å²) in [7, 11) is 0. The number of hydrogen-bond acceptors (Lipinski definition) is 9. The van der Waals surface area contributed by atoms with Crippen molar-refractivity contribution in [2.75, 3.05) is 32.8 Å². The molecule has 0 amide bonds. The number of benzene rings is 1. The number of phenolic OH excluding ortho intramolecular Hbond substituents is 1. The molecule has 5 aliphatic rings. The van der Waals surface area contributed by atoms with Crippen molar-refractivity contribution >= 4 is 5.71 Å². The number of aryl methyl sites for hydroxylation is 1. The van der Waals surface area contributed by atoms with Crippen LogP contribution in [0.4, 0.5) is 0 Å². The molecule has 3 aliphatic carbocycles. The van der Waals surface area contributed by atoms with Crippen LogP contribution in [0.3, 0.4) is 0 Å². The first-order valence-electron chi connectivity index (χ1n) is 22.4. The molecule has 56 heavy (non-hydrogen) atoms. The van der Waals surface area contributed by atoms with Gasteiger partial charge in [-0.15, -0.1) is 4.99 Å². The van der Waals surface area contributed by atoms with Crippen LogP contribution in [0.5, 0.6) is 11.5 Å². The maximum absolute atomic E-state index is 11.5. The first kappa shape index (κ1) is 42.9.